The molecule has 1 saturated carbocycles. The second kappa shape index (κ2) is 11.4. The number of hydrogen-bond donors (Lipinski definition) is 2. The molecule has 1 aromatic heterocycles. The number of rotatable bonds is 8. The number of carboxylic acid groups (broad SMARTS) is 1. The lowest BCUT2D eigenvalue weighted by Crippen LogP contribution is -2.27. The number of nitriles is 1. The summed E-state index contributed by atoms with van der Waals surface area (Å²) in [5.41, 5.74) is 4.76. The predicted molar refractivity (Wildman–Crippen MR) is 165 cm³/mol. The van der Waals surface area contributed by atoms with Crippen molar-refractivity contribution in [2.75, 3.05) is 0 Å². The molecule has 208 valence electrons. The van der Waals surface area contributed by atoms with Crippen molar-refractivity contribution in [1.29, 1.82) is 5.26 Å². The first kappa shape index (κ1) is 27.6. The molecule has 4 aromatic carbocycles. The predicted octanol–water partition coefficient (Wildman–Crippen LogP) is 8.51. The number of halogens is 1. The van der Waals surface area contributed by atoms with Gasteiger partial charge >= 0.3 is 5.97 Å². The molecule has 6 nitrogen and oxygen atoms in total. The Hall–Kier alpha value is -4.51. The van der Waals surface area contributed by atoms with Crippen molar-refractivity contribution in [1.82, 2.24) is 9.88 Å². The minimum absolute atomic E-state index is 0.191. The minimum atomic E-state index is -0.996. The van der Waals surface area contributed by atoms with E-state index in [0.717, 1.165) is 50.2 Å². The smallest absolute Gasteiger partial charge is 0.335 e. The third kappa shape index (κ3) is 5.64. The first-order valence-corrected chi connectivity index (χ1v) is 14.8. The summed E-state index contributed by atoms with van der Waals surface area (Å²) >= 11 is 7.73. The van der Waals surface area contributed by atoms with Crippen LogP contribution in [0.2, 0.25) is 5.02 Å². The fourth-order valence-electron chi connectivity index (χ4n) is 5.10. The van der Waals surface area contributed by atoms with Gasteiger partial charge in [-0.25, -0.2) is 4.79 Å². The zero-order valence-electron chi connectivity index (χ0n) is 22.7. The zero-order valence-corrected chi connectivity index (χ0v) is 24.2. The first-order valence-electron chi connectivity index (χ1n) is 13.6. The number of nitrogens with zero attached hydrogens (tertiary/aromatic N) is 2. The van der Waals surface area contributed by atoms with Gasteiger partial charge in [0, 0.05) is 32.4 Å². The van der Waals surface area contributed by atoms with Crippen LogP contribution in [0.15, 0.2) is 101 Å². The van der Waals surface area contributed by atoms with Gasteiger partial charge in [0.05, 0.1) is 34.3 Å². The highest BCUT2D eigenvalue weighted by Crippen LogP contribution is 2.45. The molecule has 2 N–H and O–H groups in total. The van der Waals surface area contributed by atoms with Crippen molar-refractivity contribution in [3.8, 4) is 17.2 Å². The van der Waals surface area contributed by atoms with Gasteiger partial charge in [-0.05, 0) is 97.1 Å². The largest absolute Gasteiger partial charge is 0.478 e. The molecule has 1 heterocycles. The van der Waals surface area contributed by atoms with Gasteiger partial charge < -0.3 is 15.0 Å². The van der Waals surface area contributed by atoms with Crippen LogP contribution in [0.3, 0.4) is 0 Å². The Bertz CT molecular complexity index is 1870. The van der Waals surface area contributed by atoms with Gasteiger partial charge in [-0.2, -0.15) is 5.26 Å². The number of carboxylic acids is 1. The maximum absolute atomic E-state index is 14.1. The molecule has 0 aliphatic heterocycles. The summed E-state index contributed by atoms with van der Waals surface area (Å²) < 4.78 is 2.27. The van der Waals surface area contributed by atoms with Crippen LogP contribution in [0.4, 0.5) is 0 Å². The highest BCUT2D eigenvalue weighted by Gasteiger charge is 2.29. The number of benzene rings is 4. The maximum Gasteiger partial charge on any atom is 0.335 e. The van der Waals surface area contributed by atoms with E-state index >= 15 is 0 Å². The van der Waals surface area contributed by atoms with E-state index in [2.05, 4.69) is 28.2 Å². The van der Waals surface area contributed by atoms with Crippen LogP contribution >= 0.6 is 23.4 Å². The fourth-order valence-corrected chi connectivity index (χ4v) is 6.23. The molecule has 5 aromatic rings. The molecule has 42 heavy (non-hydrogen) atoms. The van der Waals surface area contributed by atoms with Crippen LogP contribution < -0.4 is 5.32 Å². The Kier molecular flexibility index (Phi) is 7.51. The van der Waals surface area contributed by atoms with E-state index in [1.165, 1.54) is 12.1 Å². The van der Waals surface area contributed by atoms with Gasteiger partial charge in [0.15, 0.2) is 0 Å². The Morgan fingerprint density at radius 2 is 1.76 bits per heavy atom. The summed E-state index contributed by atoms with van der Waals surface area (Å²) in [6, 6.07) is 27.8. The average Bonchev–Trinajstić information content (AvgIpc) is 3.79. The minimum Gasteiger partial charge on any atom is -0.478 e. The van der Waals surface area contributed by atoms with Crippen molar-refractivity contribution in [2.24, 2.45) is 0 Å². The molecule has 1 atom stereocenters. The summed E-state index contributed by atoms with van der Waals surface area (Å²) in [5, 5.41) is 23.4. The molecular weight excluding hydrogens is 566 g/mol. The van der Waals surface area contributed by atoms with Crippen molar-refractivity contribution in [3.63, 3.8) is 0 Å². The topological polar surface area (TPSA) is 95.1 Å². The van der Waals surface area contributed by atoms with E-state index < -0.39 is 5.97 Å². The highest BCUT2D eigenvalue weighted by molar-refractivity contribution is 7.99. The Balaban J connectivity index is 1.47. The van der Waals surface area contributed by atoms with E-state index in [0.29, 0.717) is 22.2 Å². The molecular formula is C34H26ClN3O3S. The van der Waals surface area contributed by atoms with E-state index in [-0.39, 0.29) is 17.5 Å². The molecule has 0 saturated heterocycles. The van der Waals surface area contributed by atoms with Gasteiger partial charge in [0.2, 0.25) is 0 Å². The van der Waals surface area contributed by atoms with Crippen LogP contribution in [-0.4, -0.2) is 21.6 Å². The molecule has 1 aliphatic rings. The number of hydrogen-bond acceptors (Lipinski definition) is 4. The van der Waals surface area contributed by atoms with Crippen molar-refractivity contribution < 1.29 is 14.7 Å². The molecule has 6 rings (SSSR count). The van der Waals surface area contributed by atoms with Crippen LogP contribution in [0, 0.1) is 11.3 Å². The van der Waals surface area contributed by atoms with Gasteiger partial charge in [0.25, 0.3) is 5.91 Å². The average molecular weight is 592 g/mol. The van der Waals surface area contributed by atoms with Crippen LogP contribution in [-0.2, 0) is 0 Å². The molecule has 0 spiro atoms. The highest BCUT2D eigenvalue weighted by atomic mass is 35.5. The molecule has 1 amide bonds. The fraction of sp³-hybridized carbons (Fsp3) is 0.147. The normalized spacial score (nSPS) is 13.5. The van der Waals surface area contributed by atoms with E-state index in [1.54, 1.807) is 30.0 Å². The third-order valence-electron chi connectivity index (χ3n) is 7.46. The Morgan fingerprint density at radius 3 is 2.43 bits per heavy atom. The number of carbonyl (C=O) groups excluding carboxylic acids is 1. The molecule has 8 heteroatoms. The number of carbonyl (C=O) groups is 2. The third-order valence-corrected chi connectivity index (χ3v) is 8.74. The SMILES string of the molecule is C[C@H](NC(=O)c1cc(-c2cccc(C#N)c2)cc2c1c(Sc1ccc(Cl)cc1)cn2C1CC1)c1ccc(C(=O)O)cc1. The first-order chi connectivity index (χ1) is 20.3. The summed E-state index contributed by atoms with van der Waals surface area (Å²) in [5.74, 6) is -1.23. The number of aromatic nitrogens is 1. The zero-order chi connectivity index (χ0) is 29.4. The summed E-state index contributed by atoms with van der Waals surface area (Å²) in [7, 11) is 0. The second-order valence-electron chi connectivity index (χ2n) is 10.4. The second-order valence-corrected chi connectivity index (χ2v) is 12.0. The van der Waals surface area contributed by atoms with Gasteiger partial charge in [-0.15, -0.1) is 0 Å². The maximum atomic E-state index is 14.1. The number of amides is 1. The monoisotopic (exact) mass is 591 g/mol. The lowest BCUT2D eigenvalue weighted by Gasteiger charge is -2.17. The lowest BCUT2D eigenvalue weighted by molar-refractivity contribution is 0.0696. The van der Waals surface area contributed by atoms with Gasteiger partial charge in [0.1, 0.15) is 0 Å². The molecule has 0 bridgehead atoms. The van der Waals surface area contributed by atoms with Crippen LogP contribution in [0.5, 0.6) is 0 Å². The van der Waals surface area contributed by atoms with E-state index in [9.17, 15) is 20.0 Å². The molecule has 1 aliphatic carbocycles. The quantitative estimate of drug-likeness (QED) is 0.189. The Morgan fingerprint density at radius 1 is 1.02 bits per heavy atom. The lowest BCUT2D eigenvalue weighted by atomic mass is 9.98. The summed E-state index contributed by atoms with van der Waals surface area (Å²) in [4.78, 5) is 27.4. The number of aromatic carboxylic acids is 1. The standard InChI is InChI=1S/C34H26ClN3O3S/c1-20(22-5-7-23(8-6-22)34(40)41)37-33(39)29-16-25(24-4-2-3-21(15-24)18-36)17-30-32(29)31(19-38(30)27-11-12-27)42-28-13-9-26(35)10-14-28/h2-10,13-17,19-20,27H,11-12H2,1H3,(H,37,39)(H,40,41)/t20-/m0/s1. The van der Waals surface area contributed by atoms with E-state index in [1.807, 2.05) is 55.5 Å². The summed E-state index contributed by atoms with van der Waals surface area (Å²) in [6.07, 6.45) is 4.30. The summed E-state index contributed by atoms with van der Waals surface area (Å²) in [6.45, 7) is 1.88. The van der Waals surface area contributed by atoms with Gasteiger partial charge in [-0.1, -0.05) is 47.6 Å². The van der Waals surface area contributed by atoms with Crippen molar-refractivity contribution in [3.05, 3.63) is 118 Å². The number of nitrogens with one attached hydrogen (secondary N) is 1. The van der Waals surface area contributed by atoms with Crippen molar-refractivity contribution >= 4 is 46.1 Å². The van der Waals surface area contributed by atoms with Gasteiger partial charge in [-0.3, -0.25) is 4.79 Å². The molecule has 0 radical (unpaired) electrons. The number of fused-ring (bicyclic) bond motifs is 1. The molecule has 1 fully saturated rings. The van der Waals surface area contributed by atoms with E-state index in [4.69, 9.17) is 11.6 Å². The van der Waals surface area contributed by atoms with Crippen LogP contribution in [0.1, 0.15) is 63.7 Å². The van der Waals surface area contributed by atoms with Crippen LogP contribution in [0.25, 0.3) is 22.0 Å². The Labute approximate surface area is 252 Å². The molecule has 0 unspecified atom stereocenters. The van der Waals surface area contributed by atoms with Crippen molar-refractivity contribution in [2.45, 2.75) is 41.6 Å².